The van der Waals surface area contributed by atoms with Crippen molar-refractivity contribution in [3.8, 4) is 5.75 Å². The third-order valence-electron chi connectivity index (χ3n) is 3.29. The smallest absolute Gasteiger partial charge is 0.309 e. The number of ether oxygens (including phenoxy) is 1. The molecule has 0 radical (unpaired) electrons. The molecule has 104 valence electrons. The zero-order chi connectivity index (χ0) is 14.2. The summed E-state index contributed by atoms with van der Waals surface area (Å²) in [5.41, 5.74) is 1.06. The van der Waals surface area contributed by atoms with E-state index in [0.717, 1.165) is 24.0 Å². The third kappa shape index (κ3) is 3.41. The summed E-state index contributed by atoms with van der Waals surface area (Å²) in [7, 11) is 0. The molecule has 0 aromatic heterocycles. The largest absolute Gasteiger partial charge is 0.489 e. The van der Waals surface area contributed by atoms with Gasteiger partial charge in [-0.1, -0.05) is 17.7 Å². The summed E-state index contributed by atoms with van der Waals surface area (Å²) in [5.74, 6) is -0.161. The lowest BCUT2D eigenvalue weighted by Gasteiger charge is -2.22. The second-order valence-corrected chi connectivity index (χ2v) is 6.33. The number of rotatable bonds is 5. The molecule has 4 heteroatoms. The monoisotopic (exact) mass is 282 g/mol. The minimum absolute atomic E-state index is 0.242. The van der Waals surface area contributed by atoms with E-state index in [1.54, 1.807) is 13.8 Å². The van der Waals surface area contributed by atoms with Crippen molar-refractivity contribution in [1.29, 1.82) is 0 Å². The number of aryl methyl sites for hydroxylation is 1. The predicted octanol–water partition coefficient (Wildman–Crippen LogP) is 3.84. The highest BCUT2D eigenvalue weighted by Gasteiger charge is 2.31. The van der Waals surface area contributed by atoms with Gasteiger partial charge in [-0.15, -0.1) is 0 Å². The molecule has 0 spiro atoms. The van der Waals surface area contributed by atoms with Gasteiger partial charge in [-0.05, 0) is 57.2 Å². The van der Waals surface area contributed by atoms with Crippen LogP contribution in [0.25, 0.3) is 0 Å². The zero-order valence-electron chi connectivity index (χ0n) is 11.5. The lowest BCUT2D eigenvalue weighted by molar-refractivity contribution is -0.146. The molecule has 0 bridgehead atoms. The number of halogens is 1. The van der Waals surface area contributed by atoms with E-state index in [2.05, 4.69) is 0 Å². The Bertz CT molecular complexity index is 504. The van der Waals surface area contributed by atoms with E-state index in [1.807, 2.05) is 19.1 Å². The zero-order valence-corrected chi connectivity index (χ0v) is 12.3. The Labute approximate surface area is 118 Å². The molecule has 1 aromatic rings. The summed E-state index contributed by atoms with van der Waals surface area (Å²) in [6, 6.07) is 3.82. The van der Waals surface area contributed by atoms with E-state index in [9.17, 15) is 9.90 Å². The average Bonchev–Trinajstić information content (AvgIpc) is 3.06. The first-order valence-corrected chi connectivity index (χ1v) is 6.86. The highest BCUT2D eigenvalue weighted by atomic mass is 35.5. The molecular weight excluding hydrogens is 264 g/mol. The van der Waals surface area contributed by atoms with Crippen LogP contribution in [-0.2, 0) is 11.2 Å². The molecule has 1 aromatic carbocycles. The molecule has 19 heavy (non-hydrogen) atoms. The molecule has 1 aliphatic carbocycles. The van der Waals surface area contributed by atoms with Crippen molar-refractivity contribution in [3.05, 3.63) is 28.3 Å². The Morgan fingerprint density at radius 2 is 2.11 bits per heavy atom. The summed E-state index contributed by atoms with van der Waals surface area (Å²) in [5, 5.41) is 9.82. The van der Waals surface area contributed by atoms with Crippen molar-refractivity contribution in [2.24, 2.45) is 5.41 Å². The lowest BCUT2D eigenvalue weighted by Crippen LogP contribution is -2.26. The number of carbonyl (C=O) groups is 1. The van der Waals surface area contributed by atoms with Gasteiger partial charge in [-0.25, -0.2) is 0 Å². The Morgan fingerprint density at radius 1 is 1.47 bits per heavy atom. The van der Waals surface area contributed by atoms with Gasteiger partial charge in [0.15, 0.2) is 0 Å². The van der Waals surface area contributed by atoms with Gasteiger partial charge >= 0.3 is 5.97 Å². The quantitative estimate of drug-likeness (QED) is 0.892. The molecular formula is C15H19ClO3. The van der Waals surface area contributed by atoms with Crippen LogP contribution in [0.2, 0.25) is 5.02 Å². The topological polar surface area (TPSA) is 46.5 Å². The first-order chi connectivity index (χ1) is 8.79. The van der Waals surface area contributed by atoms with Gasteiger partial charge in [0, 0.05) is 0 Å². The highest BCUT2D eigenvalue weighted by molar-refractivity contribution is 6.32. The van der Waals surface area contributed by atoms with Crippen LogP contribution in [0, 0.1) is 12.3 Å². The van der Waals surface area contributed by atoms with Crippen molar-refractivity contribution < 1.29 is 14.6 Å². The Morgan fingerprint density at radius 3 is 2.63 bits per heavy atom. The fraction of sp³-hybridized carbons (Fsp3) is 0.533. The number of hydrogen-bond donors (Lipinski definition) is 1. The van der Waals surface area contributed by atoms with E-state index in [-0.39, 0.29) is 6.10 Å². The molecule has 1 saturated carbocycles. The number of hydrogen-bond acceptors (Lipinski definition) is 2. The lowest BCUT2D eigenvalue weighted by atomic mass is 9.85. The third-order valence-corrected chi connectivity index (χ3v) is 3.57. The molecule has 3 nitrogen and oxygen atoms in total. The summed E-state index contributed by atoms with van der Waals surface area (Å²) in [6.07, 6.45) is 2.75. The molecule has 1 N–H and O–H groups in total. The van der Waals surface area contributed by atoms with Crippen LogP contribution >= 0.6 is 11.6 Å². The summed E-state index contributed by atoms with van der Waals surface area (Å²) >= 11 is 6.24. The average molecular weight is 283 g/mol. The van der Waals surface area contributed by atoms with E-state index < -0.39 is 11.4 Å². The van der Waals surface area contributed by atoms with Gasteiger partial charge in [-0.2, -0.15) is 0 Å². The van der Waals surface area contributed by atoms with Crippen LogP contribution in [0.3, 0.4) is 0 Å². The maximum Gasteiger partial charge on any atom is 0.309 e. The van der Waals surface area contributed by atoms with E-state index in [1.165, 1.54) is 0 Å². The van der Waals surface area contributed by atoms with Crippen LogP contribution in [0.5, 0.6) is 5.75 Å². The molecule has 0 atom stereocenters. The van der Waals surface area contributed by atoms with E-state index in [4.69, 9.17) is 16.3 Å². The fourth-order valence-corrected chi connectivity index (χ4v) is 2.31. The summed E-state index contributed by atoms with van der Waals surface area (Å²) in [6.45, 7) is 5.38. The number of benzene rings is 1. The van der Waals surface area contributed by atoms with Crippen LogP contribution in [0.4, 0.5) is 0 Å². The Balaban J connectivity index is 2.33. The maximum atomic E-state index is 11.3. The molecule has 0 saturated heterocycles. The number of aliphatic carboxylic acids is 1. The van der Waals surface area contributed by atoms with Crippen molar-refractivity contribution >= 4 is 17.6 Å². The van der Waals surface area contributed by atoms with Gasteiger partial charge in [-0.3, -0.25) is 4.79 Å². The van der Waals surface area contributed by atoms with Crippen molar-refractivity contribution in [2.45, 2.75) is 46.1 Å². The molecule has 1 aliphatic rings. The molecule has 0 aliphatic heterocycles. The van der Waals surface area contributed by atoms with Crippen LogP contribution in [-0.4, -0.2) is 17.2 Å². The second kappa shape index (κ2) is 5.04. The number of carboxylic acids is 1. The Kier molecular flexibility index (Phi) is 3.77. The van der Waals surface area contributed by atoms with E-state index >= 15 is 0 Å². The normalized spacial score (nSPS) is 15.4. The highest BCUT2D eigenvalue weighted by Crippen LogP contribution is 2.38. The second-order valence-electron chi connectivity index (χ2n) is 5.92. The molecule has 2 rings (SSSR count). The van der Waals surface area contributed by atoms with Gasteiger partial charge in [0.05, 0.1) is 16.5 Å². The molecule has 0 amide bonds. The van der Waals surface area contributed by atoms with Crippen LogP contribution in [0.15, 0.2) is 12.1 Å². The predicted molar refractivity (Wildman–Crippen MR) is 75.0 cm³/mol. The summed E-state index contributed by atoms with van der Waals surface area (Å²) in [4.78, 5) is 11.3. The molecule has 0 unspecified atom stereocenters. The minimum Gasteiger partial charge on any atom is -0.489 e. The fourth-order valence-electron chi connectivity index (χ4n) is 1.97. The standard InChI is InChI=1S/C15H19ClO3/c1-9-6-10(8-15(2,3)14(17)18)13(12(16)7-9)19-11-4-5-11/h6-7,11H,4-5,8H2,1-3H3,(H,17,18). The van der Waals surface area contributed by atoms with Gasteiger partial charge < -0.3 is 9.84 Å². The summed E-state index contributed by atoms with van der Waals surface area (Å²) < 4.78 is 5.84. The first kappa shape index (κ1) is 14.2. The Hall–Kier alpha value is -1.22. The van der Waals surface area contributed by atoms with Crippen molar-refractivity contribution in [1.82, 2.24) is 0 Å². The van der Waals surface area contributed by atoms with Crippen molar-refractivity contribution in [2.75, 3.05) is 0 Å². The van der Waals surface area contributed by atoms with Gasteiger partial charge in [0.1, 0.15) is 5.75 Å². The number of carboxylic acid groups (broad SMARTS) is 1. The maximum absolute atomic E-state index is 11.3. The SMILES string of the molecule is Cc1cc(Cl)c(OC2CC2)c(CC(C)(C)C(=O)O)c1. The first-order valence-electron chi connectivity index (χ1n) is 6.48. The van der Waals surface area contributed by atoms with E-state index in [0.29, 0.717) is 17.2 Å². The molecule has 1 fully saturated rings. The molecule has 0 heterocycles. The van der Waals surface area contributed by atoms with Crippen molar-refractivity contribution in [3.63, 3.8) is 0 Å². The van der Waals surface area contributed by atoms with Crippen LogP contribution < -0.4 is 4.74 Å². The van der Waals surface area contributed by atoms with Gasteiger partial charge in [0.2, 0.25) is 0 Å². The minimum atomic E-state index is -0.835. The van der Waals surface area contributed by atoms with Gasteiger partial charge in [0.25, 0.3) is 0 Å². The van der Waals surface area contributed by atoms with Crippen LogP contribution in [0.1, 0.15) is 37.8 Å².